The normalized spacial score (nSPS) is 25.2. The lowest BCUT2D eigenvalue weighted by Crippen LogP contribution is -2.55. The summed E-state index contributed by atoms with van der Waals surface area (Å²) >= 11 is 12.4. The molecule has 0 spiro atoms. The Hall–Kier alpha value is -1.88. The van der Waals surface area contributed by atoms with Gasteiger partial charge in [-0.15, -0.1) is 6.58 Å². The van der Waals surface area contributed by atoms with Crippen LogP contribution in [-0.4, -0.2) is 33.5 Å². The van der Waals surface area contributed by atoms with Crippen LogP contribution in [-0.2, 0) is 4.79 Å². The van der Waals surface area contributed by atoms with Gasteiger partial charge in [-0.2, -0.15) is 0 Å². The van der Waals surface area contributed by atoms with Gasteiger partial charge < -0.3 is 10.0 Å². The van der Waals surface area contributed by atoms with Crippen LogP contribution in [0.2, 0.25) is 10.0 Å². The topological polar surface area (TPSA) is 53.4 Å². The van der Waals surface area contributed by atoms with Gasteiger partial charge in [-0.3, -0.25) is 9.78 Å². The van der Waals surface area contributed by atoms with Gasteiger partial charge in [0.15, 0.2) is 0 Å². The average Bonchev–Trinajstić information content (AvgIpc) is 2.71. The molecule has 4 atom stereocenters. The Labute approximate surface area is 188 Å². The van der Waals surface area contributed by atoms with Crippen LogP contribution in [0.1, 0.15) is 56.3 Å². The summed E-state index contributed by atoms with van der Waals surface area (Å²) in [4.78, 5) is 20.3. The molecule has 1 aromatic heterocycles. The number of hydrogen-bond donors (Lipinski definition) is 1. The minimum absolute atomic E-state index is 0.00567. The number of likely N-dealkylation sites (tertiary alicyclic amines) is 1. The number of allylic oxidation sites excluding steroid dienone is 1. The number of halogens is 2. The maximum atomic E-state index is 13.8. The Morgan fingerprint density at radius 3 is 2.70 bits per heavy atom. The minimum atomic E-state index is -0.596. The van der Waals surface area contributed by atoms with Gasteiger partial charge in [0.25, 0.3) is 0 Å². The molecular formula is C24H28Cl2N2O2. The van der Waals surface area contributed by atoms with Crippen molar-refractivity contribution < 1.29 is 9.90 Å². The first-order valence-corrected chi connectivity index (χ1v) is 11.0. The number of hydrogen-bond acceptors (Lipinski definition) is 3. The molecule has 0 bridgehead atoms. The van der Waals surface area contributed by atoms with E-state index < -0.39 is 5.41 Å². The van der Waals surface area contributed by atoms with Crippen molar-refractivity contribution >= 4 is 29.1 Å². The molecule has 1 saturated heterocycles. The third kappa shape index (κ3) is 4.56. The van der Waals surface area contributed by atoms with Crippen molar-refractivity contribution in [2.75, 3.05) is 6.61 Å². The van der Waals surface area contributed by atoms with Crippen molar-refractivity contribution in [2.45, 2.75) is 51.1 Å². The summed E-state index contributed by atoms with van der Waals surface area (Å²) in [5.41, 5.74) is 1.25. The van der Waals surface area contributed by atoms with Crippen molar-refractivity contribution in [1.29, 1.82) is 0 Å². The highest BCUT2D eigenvalue weighted by atomic mass is 35.5. The predicted molar refractivity (Wildman–Crippen MR) is 122 cm³/mol. The average molecular weight is 447 g/mol. The number of pyridine rings is 1. The molecule has 1 amide bonds. The van der Waals surface area contributed by atoms with Gasteiger partial charge >= 0.3 is 0 Å². The molecule has 1 fully saturated rings. The van der Waals surface area contributed by atoms with Crippen LogP contribution in [0.4, 0.5) is 0 Å². The van der Waals surface area contributed by atoms with Gasteiger partial charge in [0, 0.05) is 29.8 Å². The third-order valence-corrected chi connectivity index (χ3v) is 6.51. The number of benzene rings is 1. The molecule has 1 unspecified atom stereocenters. The molecule has 3 rings (SSSR count). The van der Waals surface area contributed by atoms with E-state index in [0.717, 1.165) is 11.3 Å². The van der Waals surface area contributed by atoms with Crippen LogP contribution in [0, 0.1) is 5.41 Å². The molecule has 30 heavy (non-hydrogen) atoms. The van der Waals surface area contributed by atoms with E-state index in [9.17, 15) is 9.90 Å². The number of amides is 1. The number of rotatable bonds is 7. The molecule has 160 valence electrons. The fourth-order valence-electron chi connectivity index (χ4n) is 4.55. The summed E-state index contributed by atoms with van der Waals surface area (Å²) in [6, 6.07) is 11.1. The zero-order valence-electron chi connectivity index (χ0n) is 17.4. The number of piperidine rings is 1. The third-order valence-electron chi connectivity index (χ3n) is 6.05. The number of nitrogens with zero attached hydrogens (tertiary/aromatic N) is 2. The number of aromatic nitrogens is 1. The highest BCUT2D eigenvalue weighted by Gasteiger charge is 2.50. The number of aliphatic hydroxyl groups excluding tert-OH is 1. The SMILES string of the molecule is C=CCC1(C)C[C@H](c2cccc(Cl)c2)[C@@H](c2ccc(Cl)cn2)N([C@@H](C)CCO)C1=O. The van der Waals surface area contributed by atoms with Crippen molar-refractivity contribution in [3.8, 4) is 0 Å². The summed E-state index contributed by atoms with van der Waals surface area (Å²) in [6.45, 7) is 7.86. The first kappa shape index (κ1) is 22.8. The highest BCUT2D eigenvalue weighted by molar-refractivity contribution is 6.30. The first-order valence-electron chi connectivity index (χ1n) is 10.2. The second-order valence-corrected chi connectivity index (χ2v) is 9.21. The van der Waals surface area contributed by atoms with E-state index in [1.165, 1.54) is 0 Å². The van der Waals surface area contributed by atoms with Crippen LogP contribution >= 0.6 is 23.2 Å². The van der Waals surface area contributed by atoms with E-state index in [2.05, 4.69) is 17.6 Å². The van der Waals surface area contributed by atoms with Crippen LogP contribution in [0.25, 0.3) is 0 Å². The molecule has 4 nitrogen and oxygen atoms in total. The summed E-state index contributed by atoms with van der Waals surface area (Å²) in [5, 5.41) is 10.8. The van der Waals surface area contributed by atoms with Gasteiger partial charge in [-0.05, 0) is 56.0 Å². The largest absolute Gasteiger partial charge is 0.396 e. The van der Waals surface area contributed by atoms with E-state index in [4.69, 9.17) is 23.2 Å². The van der Waals surface area contributed by atoms with E-state index >= 15 is 0 Å². The Morgan fingerprint density at radius 1 is 1.33 bits per heavy atom. The molecule has 2 heterocycles. The summed E-state index contributed by atoms with van der Waals surface area (Å²) in [5.74, 6) is 0.0459. The van der Waals surface area contributed by atoms with E-state index in [-0.39, 0.29) is 30.5 Å². The van der Waals surface area contributed by atoms with E-state index in [1.54, 1.807) is 12.3 Å². The van der Waals surface area contributed by atoms with Crippen molar-refractivity contribution in [3.05, 3.63) is 76.6 Å². The zero-order valence-corrected chi connectivity index (χ0v) is 18.9. The molecular weight excluding hydrogens is 419 g/mol. The highest BCUT2D eigenvalue weighted by Crippen LogP contribution is 2.51. The second kappa shape index (κ2) is 9.51. The monoisotopic (exact) mass is 446 g/mol. The number of carbonyl (C=O) groups excluding carboxylic acids is 1. The van der Waals surface area contributed by atoms with E-state index in [0.29, 0.717) is 29.3 Å². The maximum Gasteiger partial charge on any atom is 0.229 e. The van der Waals surface area contributed by atoms with Crippen molar-refractivity contribution in [1.82, 2.24) is 9.88 Å². The Kier molecular flexibility index (Phi) is 7.22. The second-order valence-electron chi connectivity index (χ2n) is 8.34. The lowest BCUT2D eigenvalue weighted by molar-refractivity contribution is -0.154. The maximum absolute atomic E-state index is 13.8. The molecule has 1 aromatic carbocycles. The predicted octanol–water partition coefficient (Wildman–Crippen LogP) is 5.80. The molecule has 2 aromatic rings. The van der Waals surface area contributed by atoms with Crippen molar-refractivity contribution in [3.63, 3.8) is 0 Å². The first-order chi connectivity index (χ1) is 14.3. The molecule has 0 radical (unpaired) electrons. The Bertz CT molecular complexity index is 902. The van der Waals surface area contributed by atoms with Gasteiger partial charge in [-0.25, -0.2) is 0 Å². The summed E-state index contributed by atoms with van der Waals surface area (Å²) < 4.78 is 0. The quantitative estimate of drug-likeness (QED) is 0.546. The Balaban J connectivity index is 2.19. The molecule has 0 saturated carbocycles. The van der Waals surface area contributed by atoms with Gasteiger partial charge in [0.2, 0.25) is 5.91 Å². The smallest absolute Gasteiger partial charge is 0.229 e. The van der Waals surface area contributed by atoms with Gasteiger partial charge in [0.1, 0.15) is 0 Å². The van der Waals surface area contributed by atoms with Gasteiger partial charge in [-0.1, -0.05) is 48.3 Å². The molecule has 6 heteroatoms. The lowest BCUT2D eigenvalue weighted by Gasteiger charge is -2.51. The summed E-state index contributed by atoms with van der Waals surface area (Å²) in [7, 11) is 0. The van der Waals surface area contributed by atoms with Crippen LogP contribution in [0.3, 0.4) is 0 Å². The van der Waals surface area contributed by atoms with Crippen molar-refractivity contribution in [2.24, 2.45) is 5.41 Å². The minimum Gasteiger partial charge on any atom is -0.396 e. The zero-order chi connectivity index (χ0) is 21.9. The Morgan fingerprint density at radius 2 is 2.10 bits per heavy atom. The molecule has 1 N–H and O–H groups in total. The van der Waals surface area contributed by atoms with Crippen LogP contribution in [0.5, 0.6) is 0 Å². The molecule has 1 aliphatic heterocycles. The number of aliphatic hydroxyl groups is 1. The lowest BCUT2D eigenvalue weighted by atomic mass is 9.67. The molecule has 1 aliphatic rings. The fraction of sp³-hybridized carbons (Fsp3) is 0.417. The number of carbonyl (C=O) groups is 1. The standard InChI is InChI=1S/C24H28Cl2N2O2/c1-4-11-24(3)14-20(17-6-5-7-18(25)13-17)22(21-9-8-19(26)15-27-21)28(23(24)30)16(2)10-12-29/h4-9,13,15-16,20,22,29H,1,10-12,14H2,2-3H3/t16-,20+,22-,24?/m0/s1. The van der Waals surface area contributed by atoms with Crippen LogP contribution < -0.4 is 0 Å². The molecule has 0 aliphatic carbocycles. The fourth-order valence-corrected chi connectivity index (χ4v) is 4.86. The summed E-state index contributed by atoms with van der Waals surface area (Å²) in [6.07, 6.45) is 5.13. The van der Waals surface area contributed by atoms with Crippen LogP contribution in [0.15, 0.2) is 55.3 Å². The van der Waals surface area contributed by atoms with E-state index in [1.807, 2.05) is 49.1 Å². The van der Waals surface area contributed by atoms with Gasteiger partial charge in [0.05, 0.1) is 22.2 Å².